The van der Waals surface area contributed by atoms with Gasteiger partial charge in [0.25, 0.3) is 0 Å². The second kappa shape index (κ2) is 8.31. The van der Waals surface area contributed by atoms with Crippen LogP contribution in [0.15, 0.2) is 60.8 Å². The van der Waals surface area contributed by atoms with E-state index in [1.54, 1.807) is 0 Å². The molecule has 0 aromatic rings. The molecule has 0 N–H and O–H groups in total. The van der Waals surface area contributed by atoms with Gasteiger partial charge in [0.1, 0.15) is 0 Å². The molecule has 0 bridgehead atoms. The molecule has 74 valence electrons. The fourth-order valence-corrected chi connectivity index (χ4v) is 1.23. The zero-order chi connectivity index (χ0) is 9.90. The first-order valence-electron chi connectivity index (χ1n) is 5.30. The summed E-state index contributed by atoms with van der Waals surface area (Å²) >= 11 is 0. The van der Waals surface area contributed by atoms with Crippen LogP contribution < -0.4 is 0 Å². The first kappa shape index (κ1) is 10.8. The molecule has 0 fully saturated rings. The Labute approximate surface area is 87.0 Å². The summed E-state index contributed by atoms with van der Waals surface area (Å²) in [6, 6.07) is 0. The largest absolute Gasteiger partial charge is 0.0882 e. The van der Waals surface area contributed by atoms with Gasteiger partial charge in [0, 0.05) is 0 Å². The molecule has 0 aromatic heterocycles. The molecule has 0 saturated carbocycles. The molecule has 14 heavy (non-hydrogen) atoms. The summed E-state index contributed by atoms with van der Waals surface area (Å²) in [4.78, 5) is 0. The van der Waals surface area contributed by atoms with Crippen LogP contribution in [0.3, 0.4) is 0 Å². The van der Waals surface area contributed by atoms with Gasteiger partial charge >= 0.3 is 0 Å². The number of hydrogen-bond donors (Lipinski definition) is 0. The highest BCUT2D eigenvalue weighted by atomic mass is 13.8. The Morgan fingerprint density at radius 2 is 0.714 bits per heavy atom. The Bertz CT molecular complexity index is 234. The molecule has 1 rings (SSSR count). The van der Waals surface area contributed by atoms with Gasteiger partial charge in [-0.1, -0.05) is 60.8 Å². The second-order valence-electron chi connectivity index (χ2n) is 3.25. The summed E-state index contributed by atoms with van der Waals surface area (Å²) in [7, 11) is 0. The van der Waals surface area contributed by atoms with E-state index in [0.29, 0.717) is 0 Å². The van der Waals surface area contributed by atoms with Gasteiger partial charge in [-0.2, -0.15) is 0 Å². The van der Waals surface area contributed by atoms with Crippen molar-refractivity contribution in [1.29, 1.82) is 0 Å². The van der Waals surface area contributed by atoms with Crippen molar-refractivity contribution in [3.05, 3.63) is 60.8 Å². The quantitative estimate of drug-likeness (QED) is 0.494. The lowest BCUT2D eigenvalue weighted by molar-refractivity contribution is 1.00. The molecule has 0 spiro atoms. The maximum absolute atomic E-state index is 2.27. The summed E-state index contributed by atoms with van der Waals surface area (Å²) in [6.45, 7) is 0. The van der Waals surface area contributed by atoms with Gasteiger partial charge in [-0.25, -0.2) is 0 Å². The van der Waals surface area contributed by atoms with Crippen molar-refractivity contribution in [2.24, 2.45) is 0 Å². The molecule has 0 aromatic carbocycles. The molecule has 0 saturated heterocycles. The van der Waals surface area contributed by atoms with E-state index < -0.39 is 0 Å². The molecule has 0 aliphatic heterocycles. The van der Waals surface area contributed by atoms with E-state index >= 15 is 0 Å². The molecular formula is C14H18. The van der Waals surface area contributed by atoms with Crippen molar-refractivity contribution >= 4 is 0 Å². The molecule has 0 heterocycles. The van der Waals surface area contributed by atoms with E-state index in [-0.39, 0.29) is 0 Å². The molecule has 0 atom stereocenters. The summed E-state index contributed by atoms with van der Waals surface area (Å²) in [5.41, 5.74) is 0. The van der Waals surface area contributed by atoms with Crippen molar-refractivity contribution < 1.29 is 0 Å². The summed E-state index contributed by atoms with van der Waals surface area (Å²) in [6.07, 6.45) is 26.0. The van der Waals surface area contributed by atoms with E-state index in [2.05, 4.69) is 60.8 Å². The van der Waals surface area contributed by atoms with Crippen molar-refractivity contribution in [1.82, 2.24) is 0 Å². The van der Waals surface area contributed by atoms with Crippen LogP contribution in [0.2, 0.25) is 0 Å². The van der Waals surface area contributed by atoms with Gasteiger partial charge in [-0.3, -0.25) is 0 Å². The van der Waals surface area contributed by atoms with Gasteiger partial charge in [0.2, 0.25) is 0 Å². The van der Waals surface area contributed by atoms with Gasteiger partial charge in [-0.15, -0.1) is 0 Å². The Hall–Kier alpha value is -1.30. The Morgan fingerprint density at radius 3 is 1.21 bits per heavy atom. The molecule has 0 radical (unpaired) electrons. The van der Waals surface area contributed by atoms with Crippen LogP contribution in [0.4, 0.5) is 0 Å². The molecule has 0 nitrogen and oxygen atoms in total. The van der Waals surface area contributed by atoms with Gasteiger partial charge in [0.05, 0.1) is 0 Å². The molecule has 1 aliphatic carbocycles. The lowest BCUT2D eigenvalue weighted by Gasteiger charge is -1.88. The number of allylic oxidation sites excluding steroid dienone is 10. The smallest absolute Gasteiger partial charge is 0.0313 e. The average molecular weight is 186 g/mol. The Kier molecular flexibility index (Phi) is 6.39. The Balaban J connectivity index is 2.46. The second-order valence-corrected chi connectivity index (χ2v) is 3.25. The highest BCUT2D eigenvalue weighted by Gasteiger charge is 1.78. The van der Waals surface area contributed by atoms with E-state index in [9.17, 15) is 0 Å². The normalized spacial score (nSPS) is 25.1. The molecule has 0 unspecified atom stereocenters. The van der Waals surface area contributed by atoms with Crippen molar-refractivity contribution in [3.8, 4) is 0 Å². The number of hydrogen-bond acceptors (Lipinski definition) is 0. The standard InChI is InChI=1S/C14H18/c1-2-4-6-8-10-12-14-13-11-9-7-5-3-1/h1-8,13-14H,9-12H2/b3-1-,4-2?,7-5+,8-6?,14-13+. The zero-order valence-electron chi connectivity index (χ0n) is 8.60. The van der Waals surface area contributed by atoms with Crippen LogP contribution in [0.1, 0.15) is 25.7 Å². The monoisotopic (exact) mass is 186 g/mol. The van der Waals surface area contributed by atoms with Gasteiger partial charge in [-0.05, 0) is 25.7 Å². The molecular weight excluding hydrogens is 168 g/mol. The molecule has 1 aliphatic rings. The van der Waals surface area contributed by atoms with Crippen LogP contribution in [-0.2, 0) is 0 Å². The maximum Gasteiger partial charge on any atom is -0.0313 e. The topological polar surface area (TPSA) is 0 Å². The third-order valence-electron chi connectivity index (χ3n) is 1.99. The third kappa shape index (κ3) is 6.24. The lowest BCUT2D eigenvalue weighted by atomic mass is 10.2. The summed E-state index contributed by atoms with van der Waals surface area (Å²) < 4.78 is 0. The lowest BCUT2D eigenvalue weighted by Crippen LogP contribution is -1.68. The first-order valence-corrected chi connectivity index (χ1v) is 5.30. The van der Waals surface area contributed by atoms with Crippen molar-refractivity contribution in [3.63, 3.8) is 0 Å². The SMILES string of the molecule is C1=C/C=C\C=C\CC/C=C/CCC=C1. The Morgan fingerprint density at radius 1 is 0.357 bits per heavy atom. The zero-order valence-corrected chi connectivity index (χ0v) is 8.60. The van der Waals surface area contributed by atoms with Crippen LogP contribution in [0.25, 0.3) is 0 Å². The van der Waals surface area contributed by atoms with Crippen LogP contribution >= 0.6 is 0 Å². The minimum absolute atomic E-state index is 1.14. The number of rotatable bonds is 0. The molecule has 0 heteroatoms. The van der Waals surface area contributed by atoms with E-state index in [1.807, 2.05) is 0 Å². The third-order valence-corrected chi connectivity index (χ3v) is 1.99. The van der Waals surface area contributed by atoms with Crippen LogP contribution in [0, 0.1) is 0 Å². The van der Waals surface area contributed by atoms with Gasteiger partial charge in [0.15, 0.2) is 0 Å². The fourth-order valence-electron chi connectivity index (χ4n) is 1.23. The highest BCUT2D eigenvalue weighted by molar-refractivity contribution is 5.15. The van der Waals surface area contributed by atoms with Gasteiger partial charge < -0.3 is 0 Å². The van der Waals surface area contributed by atoms with Crippen LogP contribution in [-0.4, -0.2) is 0 Å². The maximum atomic E-state index is 2.27. The minimum atomic E-state index is 1.14. The van der Waals surface area contributed by atoms with Crippen molar-refractivity contribution in [2.75, 3.05) is 0 Å². The average Bonchev–Trinajstić information content (AvgIpc) is 2.22. The minimum Gasteiger partial charge on any atom is -0.0882 e. The van der Waals surface area contributed by atoms with E-state index in [4.69, 9.17) is 0 Å². The molecule has 0 amide bonds. The van der Waals surface area contributed by atoms with Crippen LogP contribution in [0.5, 0.6) is 0 Å². The first-order chi connectivity index (χ1) is 7.00. The predicted octanol–water partition coefficient (Wildman–Crippen LogP) is 4.34. The fraction of sp³-hybridized carbons (Fsp3) is 0.286. The summed E-state index contributed by atoms with van der Waals surface area (Å²) in [5.74, 6) is 0. The van der Waals surface area contributed by atoms with E-state index in [0.717, 1.165) is 25.7 Å². The predicted molar refractivity (Wildman–Crippen MR) is 64.2 cm³/mol. The van der Waals surface area contributed by atoms with Crippen molar-refractivity contribution in [2.45, 2.75) is 25.7 Å². The summed E-state index contributed by atoms with van der Waals surface area (Å²) in [5, 5.41) is 0. The van der Waals surface area contributed by atoms with E-state index in [1.165, 1.54) is 0 Å². The highest BCUT2D eigenvalue weighted by Crippen LogP contribution is 1.98.